The highest BCUT2D eigenvalue weighted by Gasteiger charge is 2.05. The molecule has 0 spiro atoms. The molecule has 0 amide bonds. The Morgan fingerprint density at radius 2 is 1.39 bits per heavy atom. The molecule has 0 aromatic heterocycles. The second-order valence-corrected chi connectivity index (χ2v) is 4.32. The normalized spacial score (nSPS) is 10.5. The van der Waals surface area contributed by atoms with E-state index in [1.165, 1.54) is 11.8 Å². The molecule has 2 aromatic carbocycles. The van der Waals surface area contributed by atoms with Crippen LogP contribution in [0.15, 0.2) is 70.9 Å². The lowest BCUT2D eigenvalue weighted by Gasteiger charge is -2.04. The number of rotatable bonds is 4. The van der Waals surface area contributed by atoms with Gasteiger partial charge in [0.15, 0.2) is 0 Å². The fraction of sp³-hybridized carbons (Fsp3) is 0.0667. The summed E-state index contributed by atoms with van der Waals surface area (Å²) in [5, 5.41) is 8.39. The maximum Gasteiger partial charge on any atom is 0.100 e. The van der Waals surface area contributed by atoms with E-state index in [9.17, 15) is 0 Å². The fourth-order valence-electron chi connectivity index (χ4n) is 1.60. The first-order chi connectivity index (χ1) is 8.92. The third-order valence-electron chi connectivity index (χ3n) is 2.40. The van der Waals surface area contributed by atoms with Crippen molar-refractivity contribution in [3.63, 3.8) is 0 Å². The minimum atomic E-state index is 0.890. The van der Waals surface area contributed by atoms with Crippen molar-refractivity contribution in [2.45, 2.75) is 0 Å². The van der Waals surface area contributed by atoms with Crippen LogP contribution in [0, 0.1) is 0 Å². The van der Waals surface area contributed by atoms with Crippen molar-refractivity contribution in [3.05, 3.63) is 71.8 Å². The van der Waals surface area contributed by atoms with E-state index in [1.54, 1.807) is 5.55 Å². The third-order valence-corrected chi connectivity index (χ3v) is 2.71. The average Bonchev–Trinajstić information content (AvgIpc) is 2.46. The van der Waals surface area contributed by atoms with Gasteiger partial charge in [-0.2, -0.15) is 5.10 Å². The Labute approximate surface area is 111 Å². The molecular weight excluding hydrogens is 240 g/mol. The standard InChI is InChI=1S/C15H14N2S/c1-18-12-16-17-15(13-8-4-2-5-9-13)14-10-6-3-7-11-14/h2-12H,1H3/b16-12+. The van der Waals surface area contributed by atoms with E-state index in [0.29, 0.717) is 0 Å². The van der Waals surface area contributed by atoms with E-state index in [-0.39, 0.29) is 0 Å². The number of thioether (sulfide) groups is 1. The molecule has 0 N–H and O–H groups in total. The molecule has 0 aliphatic heterocycles. The minimum absolute atomic E-state index is 0.890. The van der Waals surface area contributed by atoms with Crippen molar-refractivity contribution in [3.8, 4) is 0 Å². The lowest BCUT2D eigenvalue weighted by Crippen LogP contribution is -2.02. The van der Waals surface area contributed by atoms with Crippen molar-refractivity contribution < 1.29 is 0 Å². The first kappa shape index (κ1) is 12.6. The summed E-state index contributed by atoms with van der Waals surface area (Å²) in [6, 6.07) is 20.2. The summed E-state index contributed by atoms with van der Waals surface area (Å²) in [6.45, 7) is 0. The van der Waals surface area contributed by atoms with Crippen LogP contribution in [0.1, 0.15) is 11.1 Å². The Balaban J connectivity index is 2.42. The summed E-state index contributed by atoms with van der Waals surface area (Å²) < 4.78 is 0. The predicted octanol–water partition coefficient (Wildman–Crippen LogP) is 3.83. The summed E-state index contributed by atoms with van der Waals surface area (Å²) in [7, 11) is 0. The molecule has 90 valence electrons. The zero-order valence-corrected chi connectivity index (χ0v) is 11.0. The van der Waals surface area contributed by atoms with Crippen LogP contribution in [0.2, 0.25) is 0 Å². The largest absolute Gasteiger partial charge is 0.152 e. The van der Waals surface area contributed by atoms with Gasteiger partial charge in [0.1, 0.15) is 5.71 Å². The molecule has 0 saturated heterocycles. The lowest BCUT2D eigenvalue weighted by atomic mass is 10.0. The summed E-state index contributed by atoms with van der Waals surface area (Å²) in [5.41, 5.74) is 4.76. The molecule has 0 atom stereocenters. The Morgan fingerprint density at radius 1 is 0.889 bits per heavy atom. The molecule has 0 radical (unpaired) electrons. The molecule has 2 nitrogen and oxygen atoms in total. The summed E-state index contributed by atoms with van der Waals surface area (Å²) in [5.74, 6) is 0. The van der Waals surface area contributed by atoms with Gasteiger partial charge in [0.2, 0.25) is 0 Å². The molecule has 0 aliphatic carbocycles. The van der Waals surface area contributed by atoms with Gasteiger partial charge >= 0.3 is 0 Å². The van der Waals surface area contributed by atoms with Crippen molar-refractivity contribution in [2.75, 3.05) is 6.26 Å². The van der Waals surface area contributed by atoms with Crippen LogP contribution in [-0.2, 0) is 0 Å². The van der Waals surface area contributed by atoms with Gasteiger partial charge < -0.3 is 0 Å². The van der Waals surface area contributed by atoms with E-state index >= 15 is 0 Å². The Kier molecular flexibility index (Phi) is 4.73. The van der Waals surface area contributed by atoms with E-state index < -0.39 is 0 Å². The molecular formula is C15H14N2S. The zero-order valence-electron chi connectivity index (χ0n) is 10.2. The van der Waals surface area contributed by atoms with Crippen molar-refractivity contribution in [2.24, 2.45) is 10.2 Å². The molecule has 18 heavy (non-hydrogen) atoms. The second-order valence-electron chi connectivity index (χ2n) is 3.64. The van der Waals surface area contributed by atoms with Crippen molar-refractivity contribution in [1.82, 2.24) is 0 Å². The summed E-state index contributed by atoms with van der Waals surface area (Å²) >= 11 is 1.54. The quantitative estimate of drug-likeness (QED) is 0.462. The van der Waals surface area contributed by atoms with E-state index in [0.717, 1.165) is 16.8 Å². The molecule has 3 heteroatoms. The average molecular weight is 254 g/mol. The van der Waals surface area contributed by atoms with Crippen LogP contribution in [-0.4, -0.2) is 17.5 Å². The zero-order chi connectivity index (χ0) is 12.6. The molecule has 2 aromatic rings. The van der Waals surface area contributed by atoms with Crippen LogP contribution in [0.4, 0.5) is 0 Å². The number of nitrogens with zero attached hydrogens (tertiary/aromatic N) is 2. The fourth-order valence-corrected chi connectivity index (χ4v) is 1.74. The Hall–Kier alpha value is -1.87. The van der Waals surface area contributed by atoms with Gasteiger partial charge in [-0.05, 0) is 6.26 Å². The van der Waals surface area contributed by atoms with Gasteiger partial charge in [-0.15, -0.1) is 16.9 Å². The monoisotopic (exact) mass is 254 g/mol. The minimum Gasteiger partial charge on any atom is -0.152 e. The van der Waals surface area contributed by atoms with Gasteiger partial charge in [0.05, 0.1) is 5.55 Å². The highest BCUT2D eigenvalue weighted by molar-refractivity contribution is 8.11. The summed E-state index contributed by atoms with van der Waals surface area (Å²) in [4.78, 5) is 0. The molecule has 0 bridgehead atoms. The van der Waals surface area contributed by atoms with Crippen molar-refractivity contribution >= 4 is 23.0 Å². The second kappa shape index (κ2) is 6.77. The van der Waals surface area contributed by atoms with E-state index in [2.05, 4.69) is 10.2 Å². The highest BCUT2D eigenvalue weighted by atomic mass is 32.2. The van der Waals surface area contributed by atoms with Gasteiger partial charge in [0, 0.05) is 11.1 Å². The number of hydrogen-bond donors (Lipinski definition) is 0. The van der Waals surface area contributed by atoms with Crippen molar-refractivity contribution in [1.29, 1.82) is 0 Å². The van der Waals surface area contributed by atoms with Crippen LogP contribution < -0.4 is 0 Å². The molecule has 0 fully saturated rings. The van der Waals surface area contributed by atoms with Crippen LogP contribution in [0.5, 0.6) is 0 Å². The molecule has 0 saturated carbocycles. The first-order valence-corrected chi connectivity index (χ1v) is 6.94. The summed E-state index contributed by atoms with van der Waals surface area (Å²) in [6.07, 6.45) is 1.96. The SMILES string of the molecule is CS/C=N/N=C(c1ccccc1)c1ccccc1. The van der Waals surface area contributed by atoms with Gasteiger partial charge in [-0.1, -0.05) is 60.7 Å². The maximum absolute atomic E-state index is 4.32. The Bertz CT molecular complexity index is 491. The van der Waals surface area contributed by atoms with Gasteiger partial charge in [-0.25, -0.2) is 0 Å². The maximum atomic E-state index is 4.32. The van der Waals surface area contributed by atoms with E-state index in [1.807, 2.05) is 66.9 Å². The predicted molar refractivity (Wildman–Crippen MR) is 80.5 cm³/mol. The Morgan fingerprint density at radius 3 is 1.83 bits per heavy atom. The third kappa shape index (κ3) is 3.31. The molecule has 0 aliphatic rings. The molecule has 2 rings (SSSR count). The topological polar surface area (TPSA) is 24.7 Å². The number of benzene rings is 2. The highest BCUT2D eigenvalue weighted by Crippen LogP contribution is 2.11. The van der Waals surface area contributed by atoms with Gasteiger partial charge in [-0.3, -0.25) is 0 Å². The smallest absolute Gasteiger partial charge is 0.100 e. The van der Waals surface area contributed by atoms with Crippen LogP contribution >= 0.6 is 11.8 Å². The van der Waals surface area contributed by atoms with Crippen LogP contribution in [0.25, 0.3) is 0 Å². The van der Waals surface area contributed by atoms with E-state index in [4.69, 9.17) is 0 Å². The number of hydrogen-bond acceptors (Lipinski definition) is 3. The first-order valence-electron chi connectivity index (χ1n) is 5.65. The molecule has 0 unspecified atom stereocenters. The molecule has 0 heterocycles. The lowest BCUT2D eigenvalue weighted by molar-refractivity contribution is 1.25. The van der Waals surface area contributed by atoms with Crippen LogP contribution in [0.3, 0.4) is 0 Å². The van der Waals surface area contributed by atoms with Gasteiger partial charge in [0.25, 0.3) is 0 Å².